The first-order chi connectivity index (χ1) is 8.56. The minimum absolute atomic E-state index is 0.00926. The van der Waals surface area contributed by atoms with Gasteiger partial charge >= 0.3 is 0 Å². The van der Waals surface area contributed by atoms with Gasteiger partial charge in [-0.1, -0.05) is 15.9 Å². The van der Waals surface area contributed by atoms with Crippen molar-refractivity contribution in [2.45, 2.75) is 38.8 Å². The van der Waals surface area contributed by atoms with E-state index in [0.29, 0.717) is 6.61 Å². The summed E-state index contributed by atoms with van der Waals surface area (Å²) < 4.78 is 12.3. The molecule has 1 aromatic rings. The summed E-state index contributed by atoms with van der Waals surface area (Å²) in [4.78, 5) is 0. The summed E-state index contributed by atoms with van der Waals surface area (Å²) >= 11 is 3.54. The second kappa shape index (κ2) is 6.04. The van der Waals surface area contributed by atoms with Gasteiger partial charge in [0.05, 0.1) is 19.3 Å². The normalized spacial score (nSPS) is 15.6. The van der Waals surface area contributed by atoms with Crippen LogP contribution < -0.4 is 10.5 Å². The molecule has 0 aliphatic carbocycles. The van der Waals surface area contributed by atoms with Gasteiger partial charge in [-0.15, -0.1) is 0 Å². The van der Waals surface area contributed by atoms with Gasteiger partial charge in [0.15, 0.2) is 0 Å². The van der Waals surface area contributed by atoms with Crippen LogP contribution in [0.25, 0.3) is 0 Å². The predicted octanol–water partition coefficient (Wildman–Crippen LogP) is 2.68. The van der Waals surface area contributed by atoms with Gasteiger partial charge in [-0.3, -0.25) is 0 Å². The summed E-state index contributed by atoms with van der Waals surface area (Å²) in [7, 11) is 0. The predicted molar refractivity (Wildman–Crippen MR) is 76.1 cm³/mol. The van der Waals surface area contributed by atoms with E-state index in [1.54, 1.807) is 0 Å². The van der Waals surface area contributed by atoms with Crippen LogP contribution in [0.4, 0.5) is 0 Å². The van der Waals surface area contributed by atoms with Crippen LogP contribution in [0.15, 0.2) is 16.6 Å². The SMILES string of the molecule is CC(C)OCC(N)Cc1cc(Br)cc2c1OCC2. The summed E-state index contributed by atoms with van der Waals surface area (Å²) in [6.07, 6.45) is 1.99. The maximum absolute atomic E-state index is 6.10. The first-order valence-electron chi connectivity index (χ1n) is 6.37. The Hall–Kier alpha value is -0.580. The van der Waals surface area contributed by atoms with E-state index in [2.05, 4.69) is 28.1 Å². The molecule has 4 heteroatoms. The van der Waals surface area contributed by atoms with E-state index in [1.807, 2.05) is 13.8 Å². The van der Waals surface area contributed by atoms with Crippen LogP contribution in [0.5, 0.6) is 5.75 Å². The number of rotatable bonds is 5. The smallest absolute Gasteiger partial charge is 0.125 e. The highest BCUT2D eigenvalue weighted by Crippen LogP contribution is 2.33. The maximum atomic E-state index is 6.10. The molecule has 1 unspecified atom stereocenters. The fourth-order valence-electron chi connectivity index (χ4n) is 2.16. The third kappa shape index (κ3) is 3.46. The minimum Gasteiger partial charge on any atom is -0.493 e. The molecule has 0 amide bonds. The molecule has 3 nitrogen and oxygen atoms in total. The van der Waals surface area contributed by atoms with Crippen molar-refractivity contribution < 1.29 is 9.47 Å². The highest BCUT2D eigenvalue weighted by Gasteiger charge is 2.19. The van der Waals surface area contributed by atoms with Crippen molar-refractivity contribution in [2.24, 2.45) is 5.73 Å². The van der Waals surface area contributed by atoms with Crippen molar-refractivity contribution in [3.05, 3.63) is 27.7 Å². The van der Waals surface area contributed by atoms with Crippen LogP contribution >= 0.6 is 15.9 Å². The van der Waals surface area contributed by atoms with Gasteiger partial charge in [0.1, 0.15) is 5.75 Å². The molecule has 0 spiro atoms. The van der Waals surface area contributed by atoms with Crippen LogP contribution in [0.1, 0.15) is 25.0 Å². The van der Waals surface area contributed by atoms with Crippen molar-refractivity contribution >= 4 is 15.9 Å². The second-order valence-corrected chi connectivity index (χ2v) is 5.91. The lowest BCUT2D eigenvalue weighted by atomic mass is 10.0. The molecule has 0 fully saturated rings. The van der Waals surface area contributed by atoms with E-state index in [4.69, 9.17) is 15.2 Å². The van der Waals surface area contributed by atoms with Crippen molar-refractivity contribution in [2.75, 3.05) is 13.2 Å². The topological polar surface area (TPSA) is 44.5 Å². The Morgan fingerprint density at radius 2 is 2.22 bits per heavy atom. The largest absolute Gasteiger partial charge is 0.493 e. The molecule has 2 rings (SSSR count). The second-order valence-electron chi connectivity index (χ2n) is 5.00. The lowest BCUT2D eigenvalue weighted by Gasteiger charge is -2.16. The Morgan fingerprint density at radius 1 is 1.44 bits per heavy atom. The molecule has 1 heterocycles. The fourth-order valence-corrected chi connectivity index (χ4v) is 2.71. The Morgan fingerprint density at radius 3 is 2.94 bits per heavy atom. The van der Waals surface area contributed by atoms with Crippen molar-refractivity contribution in [3.8, 4) is 5.75 Å². The zero-order valence-electron chi connectivity index (χ0n) is 10.9. The van der Waals surface area contributed by atoms with Gasteiger partial charge in [0, 0.05) is 16.9 Å². The van der Waals surface area contributed by atoms with Crippen LogP contribution in [-0.2, 0) is 17.6 Å². The molecular formula is C14H20BrNO2. The molecule has 1 aliphatic heterocycles. The number of nitrogens with two attached hydrogens (primary N) is 1. The van der Waals surface area contributed by atoms with Gasteiger partial charge in [0.2, 0.25) is 0 Å². The summed E-state index contributed by atoms with van der Waals surface area (Å²) in [6.45, 7) is 5.40. The molecule has 2 N–H and O–H groups in total. The molecule has 0 aromatic heterocycles. The molecule has 1 aromatic carbocycles. The highest BCUT2D eigenvalue weighted by atomic mass is 79.9. The number of hydrogen-bond acceptors (Lipinski definition) is 3. The van der Waals surface area contributed by atoms with Crippen LogP contribution in [-0.4, -0.2) is 25.4 Å². The number of ether oxygens (including phenoxy) is 2. The molecule has 0 bridgehead atoms. The quantitative estimate of drug-likeness (QED) is 0.909. The summed E-state index contributed by atoms with van der Waals surface area (Å²) in [6, 6.07) is 4.23. The zero-order chi connectivity index (χ0) is 13.1. The van der Waals surface area contributed by atoms with Crippen molar-refractivity contribution in [1.29, 1.82) is 0 Å². The van der Waals surface area contributed by atoms with E-state index < -0.39 is 0 Å². The average Bonchev–Trinajstić information content (AvgIpc) is 2.74. The van der Waals surface area contributed by atoms with E-state index in [1.165, 1.54) is 11.1 Å². The van der Waals surface area contributed by atoms with Gasteiger partial charge in [0.25, 0.3) is 0 Å². The molecular weight excluding hydrogens is 294 g/mol. The van der Waals surface area contributed by atoms with Gasteiger partial charge < -0.3 is 15.2 Å². The molecule has 100 valence electrons. The average molecular weight is 314 g/mol. The Labute approximate surface area is 117 Å². The molecule has 0 radical (unpaired) electrons. The lowest BCUT2D eigenvalue weighted by molar-refractivity contribution is 0.0683. The standard InChI is InChI=1S/C14H20BrNO2/c1-9(2)18-8-13(16)7-11-6-12(15)5-10-3-4-17-14(10)11/h5-6,9,13H,3-4,7-8,16H2,1-2H3. The summed E-state index contributed by atoms with van der Waals surface area (Å²) in [5.74, 6) is 1.03. The lowest BCUT2D eigenvalue weighted by Crippen LogP contribution is -2.30. The summed E-state index contributed by atoms with van der Waals surface area (Å²) in [5.41, 5.74) is 8.55. The van der Waals surface area contributed by atoms with E-state index in [0.717, 1.165) is 29.7 Å². The zero-order valence-corrected chi connectivity index (χ0v) is 12.5. The third-order valence-corrected chi connectivity index (χ3v) is 3.41. The molecule has 1 atom stereocenters. The maximum Gasteiger partial charge on any atom is 0.125 e. The van der Waals surface area contributed by atoms with Crippen LogP contribution in [0, 0.1) is 0 Å². The van der Waals surface area contributed by atoms with Gasteiger partial charge in [-0.05, 0) is 43.5 Å². The molecule has 0 saturated heterocycles. The van der Waals surface area contributed by atoms with Crippen LogP contribution in [0.2, 0.25) is 0 Å². The number of fused-ring (bicyclic) bond motifs is 1. The van der Waals surface area contributed by atoms with E-state index in [-0.39, 0.29) is 12.1 Å². The Bertz CT molecular complexity index is 421. The molecule has 18 heavy (non-hydrogen) atoms. The Kier molecular flexibility index (Phi) is 4.65. The van der Waals surface area contributed by atoms with E-state index in [9.17, 15) is 0 Å². The first-order valence-corrected chi connectivity index (χ1v) is 7.17. The fraction of sp³-hybridized carbons (Fsp3) is 0.571. The molecule has 0 saturated carbocycles. The molecule has 1 aliphatic rings. The first kappa shape index (κ1) is 13.8. The van der Waals surface area contributed by atoms with E-state index >= 15 is 0 Å². The number of halogens is 1. The van der Waals surface area contributed by atoms with Crippen molar-refractivity contribution in [1.82, 2.24) is 0 Å². The monoisotopic (exact) mass is 313 g/mol. The van der Waals surface area contributed by atoms with Gasteiger partial charge in [-0.2, -0.15) is 0 Å². The number of hydrogen-bond donors (Lipinski definition) is 1. The van der Waals surface area contributed by atoms with Crippen LogP contribution in [0.3, 0.4) is 0 Å². The number of benzene rings is 1. The highest BCUT2D eigenvalue weighted by molar-refractivity contribution is 9.10. The van der Waals surface area contributed by atoms with Crippen molar-refractivity contribution in [3.63, 3.8) is 0 Å². The summed E-state index contributed by atoms with van der Waals surface area (Å²) in [5, 5.41) is 0. The van der Waals surface area contributed by atoms with Gasteiger partial charge in [-0.25, -0.2) is 0 Å². The minimum atomic E-state index is 0.00926. The Balaban J connectivity index is 2.05. The third-order valence-electron chi connectivity index (χ3n) is 2.95.